The summed E-state index contributed by atoms with van der Waals surface area (Å²) in [7, 11) is 1.73. The van der Waals surface area contributed by atoms with E-state index in [1.54, 1.807) is 11.7 Å². The molecule has 0 spiro atoms. The van der Waals surface area contributed by atoms with Crippen molar-refractivity contribution in [1.82, 2.24) is 24.3 Å². The summed E-state index contributed by atoms with van der Waals surface area (Å²) in [5, 5.41) is 7.83. The largest absolute Gasteiger partial charge is 0.302 e. The van der Waals surface area contributed by atoms with Crippen LogP contribution < -0.4 is 10.9 Å². The first-order chi connectivity index (χ1) is 12.5. The average molecular weight is 368 g/mol. The third-order valence-corrected chi connectivity index (χ3v) is 5.02. The predicted molar refractivity (Wildman–Crippen MR) is 100 cm³/mol. The van der Waals surface area contributed by atoms with Crippen molar-refractivity contribution in [3.63, 3.8) is 0 Å². The van der Waals surface area contributed by atoms with Gasteiger partial charge in [0.15, 0.2) is 10.8 Å². The summed E-state index contributed by atoms with van der Waals surface area (Å²) >= 11 is 1.43. The van der Waals surface area contributed by atoms with Gasteiger partial charge in [-0.3, -0.25) is 18.8 Å². The molecule has 3 aromatic heterocycles. The molecule has 0 fully saturated rings. The highest BCUT2D eigenvalue weighted by atomic mass is 32.1. The molecule has 132 valence electrons. The summed E-state index contributed by atoms with van der Waals surface area (Å²) in [6.07, 6.45) is 3.09. The Morgan fingerprint density at radius 3 is 3.04 bits per heavy atom. The third-order valence-electron chi connectivity index (χ3n) is 4.09. The summed E-state index contributed by atoms with van der Waals surface area (Å²) < 4.78 is 4.00. The zero-order valence-electron chi connectivity index (χ0n) is 14.3. The van der Waals surface area contributed by atoms with Crippen molar-refractivity contribution in [2.24, 2.45) is 7.05 Å². The Hall–Kier alpha value is -3.07. The van der Waals surface area contributed by atoms with Gasteiger partial charge >= 0.3 is 0 Å². The van der Waals surface area contributed by atoms with Crippen molar-refractivity contribution in [1.29, 1.82) is 0 Å². The first-order valence-electron chi connectivity index (χ1n) is 8.05. The molecule has 0 atom stereocenters. The summed E-state index contributed by atoms with van der Waals surface area (Å²) in [5.41, 5.74) is 2.34. The lowest BCUT2D eigenvalue weighted by atomic mass is 10.2. The van der Waals surface area contributed by atoms with E-state index in [0.29, 0.717) is 16.2 Å². The topological polar surface area (TPSA) is 94.7 Å². The SMILES string of the molecule is Cc1ccc2nc(NC(=O)CCn3cnc4c(cnn4C)c3=O)sc2c1. The molecule has 4 rings (SSSR count). The molecule has 0 radical (unpaired) electrons. The van der Waals surface area contributed by atoms with E-state index in [9.17, 15) is 9.59 Å². The van der Waals surface area contributed by atoms with E-state index in [2.05, 4.69) is 20.4 Å². The number of anilines is 1. The lowest BCUT2D eigenvalue weighted by molar-refractivity contribution is -0.116. The second-order valence-corrected chi connectivity index (χ2v) is 7.07. The molecule has 3 heterocycles. The van der Waals surface area contributed by atoms with Gasteiger partial charge in [0.05, 0.1) is 22.7 Å². The monoisotopic (exact) mass is 368 g/mol. The van der Waals surface area contributed by atoms with Crippen LogP contribution in [0.4, 0.5) is 5.13 Å². The van der Waals surface area contributed by atoms with Crippen molar-refractivity contribution in [2.45, 2.75) is 19.9 Å². The normalized spacial score (nSPS) is 11.3. The van der Waals surface area contributed by atoms with E-state index < -0.39 is 0 Å². The van der Waals surface area contributed by atoms with Crippen molar-refractivity contribution < 1.29 is 4.79 Å². The molecule has 0 aliphatic heterocycles. The van der Waals surface area contributed by atoms with Crippen LogP contribution in [0.3, 0.4) is 0 Å². The minimum Gasteiger partial charge on any atom is -0.302 e. The van der Waals surface area contributed by atoms with Gasteiger partial charge in [-0.05, 0) is 24.6 Å². The second-order valence-electron chi connectivity index (χ2n) is 6.04. The number of carbonyl (C=O) groups excluding carboxylic acids is 1. The molecular weight excluding hydrogens is 352 g/mol. The standard InChI is InChI=1S/C17H16N6O2S/c1-10-3-4-12-13(7-10)26-17(20-12)21-14(24)5-6-23-9-18-15-11(16(23)25)8-19-22(15)2/h3-4,7-9H,5-6H2,1-2H3,(H,20,21,24). The molecule has 9 heteroatoms. The summed E-state index contributed by atoms with van der Waals surface area (Å²) in [6.45, 7) is 2.26. The Morgan fingerprint density at radius 2 is 2.19 bits per heavy atom. The van der Waals surface area contributed by atoms with Gasteiger partial charge in [-0.1, -0.05) is 17.4 Å². The Balaban J connectivity index is 1.46. The highest BCUT2D eigenvalue weighted by molar-refractivity contribution is 7.22. The molecule has 0 aliphatic carbocycles. The number of benzene rings is 1. The van der Waals surface area contributed by atoms with Gasteiger partial charge in [-0.15, -0.1) is 0 Å². The molecule has 4 aromatic rings. The molecule has 0 saturated carbocycles. The second kappa shape index (κ2) is 6.34. The fourth-order valence-corrected chi connectivity index (χ4v) is 3.70. The number of fused-ring (bicyclic) bond motifs is 2. The number of aromatic nitrogens is 5. The summed E-state index contributed by atoms with van der Waals surface area (Å²) in [4.78, 5) is 33.2. The van der Waals surface area contributed by atoms with Gasteiger partial charge in [0, 0.05) is 20.0 Å². The quantitative estimate of drug-likeness (QED) is 0.595. The van der Waals surface area contributed by atoms with E-state index in [1.807, 2.05) is 25.1 Å². The van der Waals surface area contributed by atoms with Gasteiger partial charge in [0.2, 0.25) is 5.91 Å². The molecule has 26 heavy (non-hydrogen) atoms. The number of aryl methyl sites for hydroxylation is 3. The van der Waals surface area contributed by atoms with Gasteiger partial charge in [0.25, 0.3) is 5.56 Å². The number of hydrogen-bond acceptors (Lipinski definition) is 6. The van der Waals surface area contributed by atoms with Crippen molar-refractivity contribution in [3.8, 4) is 0 Å². The van der Waals surface area contributed by atoms with Crippen LogP contribution in [0.2, 0.25) is 0 Å². The van der Waals surface area contributed by atoms with E-state index in [1.165, 1.54) is 28.4 Å². The van der Waals surface area contributed by atoms with Gasteiger partial charge < -0.3 is 5.32 Å². The third kappa shape index (κ3) is 2.97. The first kappa shape index (κ1) is 16.4. The maximum Gasteiger partial charge on any atom is 0.264 e. The number of nitrogens with one attached hydrogen (secondary N) is 1. The summed E-state index contributed by atoms with van der Waals surface area (Å²) in [5.74, 6) is -0.195. The van der Waals surface area contributed by atoms with Crippen molar-refractivity contribution >= 4 is 43.6 Å². The van der Waals surface area contributed by atoms with Crippen LogP contribution in [0, 0.1) is 6.92 Å². The zero-order chi connectivity index (χ0) is 18.3. The van der Waals surface area contributed by atoms with E-state index in [-0.39, 0.29) is 24.4 Å². The first-order valence-corrected chi connectivity index (χ1v) is 8.87. The molecule has 8 nitrogen and oxygen atoms in total. The maximum absolute atomic E-state index is 12.4. The molecule has 0 bridgehead atoms. The molecule has 0 aliphatic rings. The smallest absolute Gasteiger partial charge is 0.264 e. The van der Waals surface area contributed by atoms with E-state index in [0.717, 1.165) is 15.8 Å². The Labute approximate surface area is 152 Å². The minimum absolute atomic E-state index is 0.155. The van der Waals surface area contributed by atoms with Gasteiger partial charge in [-0.2, -0.15) is 5.10 Å². The molecular formula is C17H16N6O2S. The average Bonchev–Trinajstić information content (AvgIpc) is 3.17. The van der Waals surface area contributed by atoms with Gasteiger partial charge in [0.1, 0.15) is 5.39 Å². The molecule has 1 N–H and O–H groups in total. The van der Waals surface area contributed by atoms with Crippen LogP contribution in [-0.4, -0.2) is 30.2 Å². The molecule has 0 unspecified atom stereocenters. The van der Waals surface area contributed by atoms with Crippen LogP contribution in [0.25, 0.3) is 21.3 Å². The fraction of sp³-hybridized carbons (Fsp3) is 0.235. The minimum atomic E-state index is -0.202. The molecule has 1 amide bonds. The Morgan fingerprint density at radius 1 is 1.35 bits per heavy atom. The highest BCUT2D eigenvalue weighted by Gasteiger charge is 2.11. The van der Waals surface area contributed by atoms with Crippen LogP contribution in [-0.2, 0) is 18.4 Å². The van der Waals surface area contributed by atoms with Crippen LogP contribution in [0.15, 0.2) is 35.5 Å². The number of hydrogen-bond donors (Lipinski definition) is 1. The number of nitrogens with zero attached hydrogens (tertiary/aromatic N) is 5. The fourth-order valence-electron chi connectivity index (χ4n) is 2.71. The Bertz CT molecular complexity index is 1190. The number of thiazole rings is 1. The maximum atomic E-state index is 12.4. The zero-order valence-corrected chi connectivity index (χ0v) is 15.1. The Kier molecular flexibility index (Phi) is 4.00. The van der Waals surface area contributed by atoms with Gasteiger partial charge in [-0.25, -0.2) is 9.97 Å². The number of rotatable bonds is 4. The highest BCUT2D eigenvalue weighted by Crippen LogP contribution is 2.26. The van der Waals surface area contributed by atoms with E-state index in [4.69, 9.17) is 0 Å². The van der Waals surface area contributed by atoms with Crippen LogP contribution in [0.1, 0.15) is 12.0 Å². The van der Waals surface area contributed by atoms with Crippen LogP contribution in [0.5, 0.6) is 0 Å². The lowest BCUT2D eigenvalue weighted by Crippen LogP contribution is -2.23. The number of amides is 1. The van der Waals surface area contributed by atoms with Crippen molar-refractivity contribution in [3.05, 3.63) is 46.6 Å². The summed E-state index contributed by atoms with van der Waals surface area (Å²) in [6, 6.07) is 5.96. The van der Waals surface area contributed by atoms with Crippen LogP contribution >= 0.6 is 11.3 Å². The molecule has 0 saturated heterocycles. The molecule has 1 aromatic carbocycles. The van der Waals surface area contributed by atoms with Crippen molar-refractivity contribution in [2.75, 3.05) is 5.32 Å². The predicted octanol–water partition coefficient (Wildman–Crippen LogP) is 2.08. The number of carbonyl (C=O) groups is 1. The van der Waals surface area contributed by atoms with E-state index >= 15 is 0 Å². The lowest BCUT2D eigenvalue weighted by Gasteiger charge is -2.05.